The lowest BCUT2D eigenvalue weighted by Crippen LogP contribution is -2.45. The molecule has 1 fully saturated rings. The number of anilines is 1. The third kappa shape index (κ3) is 2.78. The molecule has 1 aromatic rings. The number of hydrogen-bond donors (Lipinski definition) is 1. The number of hydrogen-bond acceptors (Lipinski definition) is 6. The lowest BCUT2D eigenvalue weighted by Gasteiger charge is -2.26. The van der Waals surface area contributed by atoms with Gasteiger partial charge in [-0.2, -0.15) is 0 Å². The molecule has 2 heterocycles. The predicted octanol–water partition coefficient (Wildman–Crippen LogP) is 0.139. The lowest BCUT2D eigenvalue weighted by molar-refractivity contribution is -0.529. The first-order chi connectivity index (χ1) is 8.99. The third-order valence-corrected chi connectivity index (χ3v) is 3.06. The van der Waals surface area contributed by atoms with Gasteiger partial charge in [-0.3, -0.25) is 14.9 Å². The first kappa shape index (κ1) is 13.2. The van der Waals surface area contributed by atoms with Crippen LogP contribution in [-0.4, -0.2) is 40.9 Å². The van der Waals surface area contributed by atoms with Gasteiger partial charge in [0.25, 0.3) is 0 Å². The molecule has 1 N–H and O–H groups in total. The maximum atomic E-state index is 11.4. The number of carbonyl (C=O) groups is 1. The van der Waals surface area contributed by atoms with Gasteiger partial charge in [0.2, 0.25) is 17.9 Å². The Bertz CT molecular complexity index is 488. The van der Waals surface area contributed by atoms with Crippen molar-refractivity contribution in [2.45, 2.75) is 24.9 Å². The highest BCUT2D eigenvalue weighted by molar-refractivity contribution is 5.77. The molecule has 0 spiro atoms. The summed E-state index contributed by atoms with van der Waals surface area (Å²) in [6.07, 6.45) is 3.46. The number of aromatic nitrogens is 2. The van der Waals surface area contributed by atoms with E-state index in [4.69, 9.17) is 0 Å². The molecule has 19 heavy (non-hydrogen) atoms. The fourth-order valence-corrected chi connectivity index (χ4v) is 2.04. The largest absolute Gasteiger partial charge is 0.347 e. The molecular formula is C11H15N5O3. The van der Waals surface area contributed by atoms with Gasteiger partial charge in [-0.25, -0.2) is 9.97 Å². The molecule has 0 aliphatic carbocycles. The van der Waals surface area contributed by atoms with E-state index in [1.165, 1.54) is 12.4 Å². The highest BCUT2D eigenvalue weighted by Crippen LogP contribution is 2.25. The molecule has 102 valence electrons. The normalized spacial score (nSPS) is 22.7. The molecule has 2 atom stereocenters. The Labute approximate surface area is 110 Å². The van der Waals surface area contributed by atoms with Crippen LogP contribution >= 0.6 is 0 Å². The van der Waals surface area contributed by atoms with E-state index in [0.717, 1.165) is 0 Å². The van der Waals surface area contributed by atoms with E-state index < -0.39 is 12.1 Å². The van der Waals surface area contributed by atoms with E-state index in [9.17, 15) is 14.9 Å². The Kier molecular flexibility index (Phi) is 3.59. The van der Waals surface area contributed by atoms with Crippen molar-refractivity contribution in [1.82, 2.24) is 15.3 Å². The highest BCUT2D eigenvalue weighted by atomic mass is 16.6. The van der Waals surface area contributed by atoms with Crippen LogP contribution in [0.5, 0.6) is 0 Å². The van der Waals surface area contributed by atoms with Crippen molar-refractivity contribution < 1.29 is 9.72 Å². The maximum Gasteiger partial charge on any atom is 0.237 e. The molecule has 1 amide bonds. The zero-order chi connectivity index (χ0) is 14.0. The Hall–Kier alpha value is -2.25. The summed E-state index contributed by atoms with van der Waals surface area (Å²) in [5.41, 5.74) is 0.556. The summed E-state index contributed by atoms with van der Waals surface area (Å²) in [7, 11) is 3.61. The number of amides is 1. The molecule has 8 heteroatoms. The van der Waals surface area contributed by atoms with E-state index in [-0.39, 0.29) is 23.7 Å². The summed E-state index contributed by atoms with van der Waals surface area (Å²) < 4.78 is 0. The number of nitro groups is 1. The molecule has 1 aromatic heterocycles. The number of carbonyl (C=O) groups excluding carboxylic acids is 1. The number of nitrogens with one attached hydrogen (secondary N) is 1. The van der Waals surface area contributed by atoms with Crippen molar-refractivity contribution in [3.63, 3.8) is 0 Å². The average Bonchev–Trinajstić information content (AvgIpc) is 2.38. The van der Waals surface area contributed by atoms with Gasteiger partial charge in [-0.15, -0.1) is 0 Å². The van der Waals surface area contributed by atoms with Crippen molar-refractivity contribution in [3.05, 3.63) is 28.1 Å². The topological polar surface area (TPSA) is 101 Å². The van der Waals surface area contributed by atoms with E-state index in [2.05, 4.69) is 15.3 Å². The second-order valence-corrected chi connectivity index (χ2v) is 4.65. The Morgan fingerprint density at radius 2 is 2.05 bits per heavy atom. The Balaban J connectivity index is 2.26. The molecule has 2 unspecified atom stereocenters. The summed E-state index contributed by atoms with van der Waals surface area (Å²) in [6, 6.07) is -1.49. The minimum atomic E-state index is -0.827. The van der Waals surface area contributed by atoms with E-state index in [1.54, 1.807) is 19.0 Å². The van der Waals surface area contributed by atoms with E-state index >= 15 is 0 Å². The molecule has 8 nitrogen and oxygen atoms in total. The second kappa shape index (κ2) is 5.17. The molecule has 2 rings (SSSR count). The van der Waals surface area contributed by atoms with Crippen LogP contribution in [0.1, 0.15) is 24.4 Å². The number of piperidine rings is 1. The molecule has 0 saturated carbocycles. The Morgan fingerprint density at radius 3 is 2.58 bits per heavy atom. The zero-order valence-corrected chi connectivity index (χ0v) is 10.7. The fraction of sp³-hybridized carbons (Fsp3) is 0.545. The van der Waals surface area contributed by atoms with Gasteiger partial charge < -0.3 is 10.2 Å². The van der Waals surface area contributed by atoms with E-state index in [0.29, 0.717) is 11.5 Å². The van der Waals surface area contributed by atoms with Crippen LogP contribution in [0.2, 0.25) is 0 Å². The summed E-state index contributed by atoms with van der Waals surface area (Å²) >= 11 is 0. The smallest absolute Gasteiger partial charge is 0.237 e. The van der Waals surface area contributed by atoms with Gasteiger partial charge >= 0.3 is 0 Å². The van der Waals surface area contributed by atoms with Crippen molar-refractivity contribution >= 4 is 11.9 Å². The van der Waals surface area contributed by atoms with Gasteiger partial charge in [0, 0.05) is 49.8 Å². The predicted molar refractivity (Wildman–Crippen MR) is 67.3 cm³/mol. The van der Waals surface area contributed by atoms with Gasteiger partial charge in [0.15, 0.2) is 0 Å². The first-order valence-corrected chi connectivity index (χ1v) is 5.91. The van der Waals surface area contributed by atoms with Gasteiger partial charge in [0.05, 0.1) is 0 Å². The SMILES string of the molecule is CN(C)c1ncc(C2NC(=O)CCC2[N+](=O)[O-])cn1. The molecule has 0 bridgehead atoms. The van der Waals surface area contributed by atoms with Crippen molar-refractivity contribution in [3.8, 4) is 0 Å². The highest BCUT2D eigenvalue weighted by Gasteiger charge is 2.38. The summed E-state index contributed by atoms with van der Waals surface area (Å²) in [5, 5.41) is 13.7. The van der Waals surface area contributed by atoms with Gasteiger partial charge in [-0.05, 0) is 0 Å². The number of nitrogens with zero attached hydrogens (tertiary/aromatic N) is 4. The fourth-order valence-electron chi connectivity index (χ4n) is 2.04. The standard InChI is InChI=1S/C11H15N5O3/c1-15(2)11-12-5-7(6-13-11)10-8(16(18)19)3-4-9(17)14-10/h5-6,8,10H,3-4H2,1-2H3,(H,14,17). The van der Waals surface area contributed by atoms with Crippen LogP contribution in [0.3, 0.4) is 0 Å². The van der Waals surface area contributed by atoms with Gasteiger partial charge in [-0.1, -0.05) is 0 Å². The van der Waals surface area contributed by atoms with Crippen LogP contribution in [0.4, 0.5) is 5.95 Å². The van der Waals surface area contributed by atoms with Crippen LogP contribution in [0.25, 0.3) is 0 Å². The molecule has 1 aliphatic heterocycles. The van der Waals surface area contributed by atoms with Crippen molar-refractivity contribution in [1.29, 1.82) is 0 Å². The van der Waals surface area contributed by atoms with Crippen LogP contribution in [-0.2, 0) is 4.79 Å². The summed E-state index contributed by atoms with van der Waals surface area (Å²) in [4.78, 5) is 32.0. The zero-order valence-electron chi connectivity index (χ0n) is 10.7. The second-order valence-electron chi connectivity index (χ2n) is 4.65. The minimum absolute atomic E-state index is 0.179. The minimum Gasteiger partial charge on any atom is -0.347 e. The Morgan fingerprint density at radius 1 is 1.42 bits per heavy atom. The number of rotatable bonds is 3. The molecule has 1 saturated heterocycles. The molecule has 0 radical (unpaired) electrons. The van der Waals surface area contributed by atoms with Crippen molar-refractivity contribution in [2.75, 3.05) is 19.0 Å². The van der Waals surface area contributed by atoms with E-state index in [1.807, 2.05) is 0 Å². The van der Waals surface area contributed by atoms with Crippen LogP contribution < -0.4 is 10.2 Å². The lowest BCUT2D eigenvalue weighted by atomic mass is 9.94. The average molecular weight is 265 g/mol. The first-order valence-electron chi connectivity index (χ1n) is 5.91. The van der Waals surface area contributed by atoms with Crippen LogP contribution in [0.15, 0.2) is 12.4 Å². The summed E-state index contributed by atoms with van der Waals surface area (Å²) in [5.74, 6) is 0.336. The molecular weight excluding hydrogens is 250 g/mol. The molecule has 1 aliphatic rings. The monoisotopic (exact) mass is 265 g/mol. The van der Waals surface area contributed by atoms with Crippen LogP contribution in [0, 0.1) is 10.1 Å². The van der Waals surface area contributed by atoms with Crippen molar-refractivity contribution in [2.24, 2.45) is 0 Å². The van der Waals surface area contributed by atoms with Gasteiger partial charge in [0.1, 0.15) is 6.04 Å². The molecule has 0 aromatic carbocycles. The summed E-state index contributed by atoms with van der Waals surface area (Å²) in [6.45, 7) is 0. The maximum absolute atomic E-state index is 11.4. The quantitative estimate of drug-likeness (QED) is 0.616. The third-order valence-electron chi connectivity index (χ3n) is 3.06.